The number of aryl methyl sites for hydroxylation is 2. The van der Waals surface area contributed by atoms with Crippen LogP contribution in [0.25, 0.3) is 0 Å². The van der Waals surface area contributed by atoms with Gasteiger partial charge in [0.25, 0.3) is 0 Å². The molecular weight excluding hydrogens is 421 g/mol. The average molecular weight is 442 g/mol. The minimum atomic E-state index is -0.262. The molecule has 7 heteroatoms. The van der Waals surface area contributed by atoms with Gasteiger partial charge in [0.2, 0.25) is 11.8 Å². The number of nitrogens with zero attached hydrogens (tertiary/aromatic N) is 1. The van der Waals surface area contributed by atoms with Crippen molar-refractivity contribution in [3.05, 3.63) is 87.2 Å². The van der Waals surface area contributed by atoms with Crippen molar-refractivity contribution in [2.45, 2.75) is 26.7 Å². The Labute approximate surface area is 185 Å². The monoisotopic (exact) mass is 441 g/mol. The van der Waals surface area contributed by atoms with Gasteiger partial charge in [-0.15, -0.1) is 0 Å². The number of carbonyl (C=O) groups is 2. The molecule has 0 bridgehead atoms. The van der Waals surface area contributed by atoms with E-state index in [1.54, 1.807) is 36.5 Å². The van der Waals surface area contributed by atoms with Crippen LogP contribution in [0.2, 0.25) is 10.0 Å². The second-order valence-electron chi connectivity index (χ2n) is 7.00. The Morgan fingerprint density at radius 1 is 0.900 bits per heavy atom. The molecule has 0 saturated carbocycles. The molecule has 0 unspecified atom stereocenters. The Balaban J connectivity index is 1.62. The van der Waals surface area contributed by atoms with Crippen LogP contribution in [0.4, 0.5) is 11.4 Å². The van der Waals surface area contributed by atoms with E-state index in [1.165, 1.54) is 0 Å². The van der Waals surface area contributed by atoms with Crippen molar-refractivity contribution in [3.63, 3.8) is 0 Å². The number of hydrogen-bond donors (Lipinski definition) is 2. The van der Waals surface area contributed by atoms with Crippen LogP contribution in [0.5, 0.6) is 0 Å². The Morgan fingerprint density at radius 3 is 2.30 bits per heavy atom. The number of rotatable bonds is 6. The number of carbonyl (C=O) groups excluding carboxylic acids is 2. The SMILES string of the molecule is Cc1ccc(NC(=O)Cc2cc(NC(=O)Cc3c(Cl)cccc3Cl)ccn2)c(C)c1. The Bertz CT molecular complexity index is 1080. The van der Waals surface area contributed by atoms with Crippen LogP contribution >= 0.6 is 23.2 Å². The quantitative estimate of drug-likeness (QED) is 0.540. The van der Waals surface area contributed by atoms with E-state index in [0.29, 0.717) is 27.0 Å². The molecule has 3 aromatic rings. The molecule has 1 aromatic heterocycles. The lowest BCUT2D eigenvalue weighted by Gasteiger charge is -2.10. The van der Waals surface area contributed by atoms with Gasteiger partial charge < -0.3 is 10.6 Å². The molecule has 2 amide bonds. The molecule has 0 spiro atoms. The van der Waals surface area contributed by atoms with Crippen molar-refractivity contribution >= 4 is 46.4 Å². The first-order valence-electron chi connectivity index (χ1n) is 9.36. The lowest BCUT2D eigenvalue weighted by Crippen LogP contribution is -2.17. The summed E-state index contributed by atoms with van der Waals surface area (Å²) in [4.78, 5) is 29.0. The van der Waals surface area contributed by atoms with Crippen LogP contribution in [0, 0.1) is 13.8 Å². The number of aromatic nitrogens is 1. The summed E-state index contributed by atoms with van der Waals surface area (Å²) in [6, 6.07) is 14.3. The smallest absolute Gasteiger partial charge is 0.230 e. The molecule has 0 saturated heterocycles. The van der Waals surface area contributed by atoms with Crippen LogP contribution in [-0.2, 0) is 22.4 Å². The number of halogens is 2. The molecule has 0 radical (unpaired) electrons. The number of pyridine rings is 1. The number of hydrogen-bond acceptors (Lipinski definition) is 3. The Morgan fingerprint density at radius 2 is 1.60 bits per heavy atom. The van der Waals surface area contributed by atoms with Gasteiger partial charge in [-0.25, -0.2) is 0 Å². The summed E-state index contributed by atoms with van der Waals surface area (Å²) < 4.78 is 0. The molecule has 30 heavy (non-hydrogen) atoms. The van der Waals surface area contributed by atoms with Gasteiger partial charge in [0, 0.05) is 27.6 Å². The van der Waals surface area contributed by atoms with Gasteiger partial charge in [-0.2, -0.15) is 0 Å². The highest BCUT2D eigenvalue weighted by molar-refractivity contribution is 6.36. The molecular formula is C23H21Cl2N3O2. The highest BCUT2D eigenvalue weighted by Crippen LogP contribution is 2.25. The van der Waals surface area contributed by atoms with E-state index < -0.39 is 0 Å². The third-order valence-electron chi connectivity index (χ3n) is 4.50. The molecule has 5 nitrogen and oxygen atoms in total. The topological polar surface area (TPSA) is 71.1 Å². The largest absolute Gasteiger partial charge is 0.326 e. The number of amides is 2. The van der Waals surface area contributed by atoms with Gasteiger partial charge in [0.1, 0.15) is 0 Å². The van der Waals surface area contributed by atoms with Crippen LogP contribution in [0.1, 0.15) is 22.4 Å². The summed E-state index contributed by atoms with van der Waals surface area (Å²) in [6.07, 6.45) is 1.69. The Kier molecular flexibility index (Phi) is 7.08. The normalized spacial score (nSPS) is 10.5. The fraction of sp³-hybridized carbons (Fsp3) is 0.174. The number of nitrogens with one attached hydrogen (secondary N) is 2. The van der Waals surface area contributed by atoms with Crippen LogP contribution in [0.3, 0.4) is 0 Å². The molecule has 0 aliphatic heterocycles. The maximum atomic E-state index is 12.4. The first-order valence-corrected chi connectivity index (χ1v) is 10.1. The van der Waals surface area contributed by atoms with Gasteiger partial charge in [-0.3, -0.25) is 14.6 Å². The molecule has 2 aromatic carbocycles. The van der Waals surface area contributed by atoms with E-state index in [-0.39, 0.29) is 24.7 Å². The van der Waals surface area contributed by atoms with Crippen molar-refractivity contribution in [3.8, 4) is 0 Å². The van der Waals surface area contributed by atoms with Gasteiger partial charge in [-0.1, -0.05) is 47.0 Å². The van der Waals surface area contributed by atoms with Gasteiger partial charge >= 0.3 is 0 Å². The van der Waals surface area contributed by atoms with Crippen molar-refractivity contribution in [1.82, 2.24) is 4.98 Å². The second kappa shape index (κ2) is 9.74. The second-order valence-corrected chi connectivity index (χ2v) is 7.82. The molecule has 0 aliphatic rings. The first kappa shape index (κ1) is 21.8. The molecule has 3 rings (SSSR count). The van der Waals surface area contributed by atoms with Gasteiger partial charge in [0.05, 0.1) is 18.5 Å². The maximum absolute atomic E-state index is 12.4. The molecule has 0 fully saturated rings. The Hall–Kier alpha value is -2.89. The zero-order valence-electron chi connectivity index (χ0n) is 16.6. The van der Waals surface area contributed by atoms with E-state index in [0.717, 1.165) is 16.8 Å². The van der Waals surface area contributed by atoms with E-state index in [4.69, 9.17) is 23.2 Å². The zero-order valence-corrected chi connectivity index (χ0v) is 18.1. The third kappa shape index (κ3) is 5.81. The van der Waals surface area contributed by atoms with E-state index in [9.17, 15) is 9.59 Å². The molecule has 0 atom stereocenters. The summed E-state index contributed by atoms with van der Waals surface area (Å²) in [7, 11) is 0. The number of benzene rings is 2. The van der Waals surface area contributed by atoms with Gasteiger partial charge in [-0.05, 0) is 55.3 Å². The lowest BCUT2D eigenvalue weighted by molar-refractivity contribution is -0.116. The van der Waals surface area contributed by atoms with Crippen LogP contribution < -0.4 is 10.6 Å². The highest BCUT2D eigenvalue weighted by Gasteiger charge is 2.12. The summed E-state index contributed by atoms with van der Waals surface area (Å²) in [5.74, 6) is -0.442. The summed E-state index contributed by atoms with van der Waals surface area (Å²) in [5.41, 5.74) is 4.56. The van der Waals surface area contributed by atoms with E-state index in [1.807, 2.05) is 32.0 Å². The van der Waals surface area contributed by atoms with Crippen molar-refractivity contribution < 1.29 is 9.59 Å². The van der Waals surface area contributed by atoms with Crippen LogP contribution in [-0.4, -0.2) is 16.8 Å². The minimum absolute atomic E-state index is 0.0450. The summed E-state index contributed by atoms with van der Waals surface area (Å²) in [5, 5.41) is 6.57. The van der Waals surface area contributed by atoms with E-state index in [2.05, 4.69) is 15.6 Å². The minimum Gasteiger partial charge on any atom is -0.326 e. The molecule has 154 valence electrons. The van der Waals surface area contributed by atoms with Crippen LogP contribution in [0.15, 0.2) is 54.7 Å². The highest BCUT2D eigenvalue weighted by atomic mass is 35.5. The first-order chi connectivity index (χ1) is 14.3. The van der Waals surface area contributed by atoms with Crippen molar-refractivity contribution in [2.24, 2.45) is 0 Å². The summed E-state index contributed by atoms with van der Waals surface area (Å²) >= 11 is 12.3. The van der Waals surface area contributed by atoms with Crippen molar-refractivity contribution in [2.75, 3.05) is 10.6 Å². The number of anilines is 2. The van der Waals surface area contributed by atoms with Crippen molar-refractivity contribution in [1.29, 1.82) is 0 Å². The van der Waals surface area contributed by atoms with Gasteiger partial charge in [0.15, 0.2) is 0 Å². The lowest BCUT2D eigenvalue weighted by atomic mass is 10.1. The maximum Gasteiger partial charge on any atom is 0.230 e. The fourth-order valence-electron chi connectivity index (χ4n) is 3.03. The molecule has 0 aliphatic carbocycles. The predicted molar refractivity (Wildman–Crippen MR) is 121 cm³/mol. The molecule has 1 heterocycles. The zero-order chi connectivity index (χ0) is 21.7. The predicted octanol–water partition coefficient (Wildman–Crippen LogP) is 5.37. The van der Waals surface area contributed by atoms with E-state index >= 15 is 0 Å². The molecule has 2 N–H and O–H groups in total. The fourth-order valence-corrected chi connectivity index (χ4v) is 3.56. The average Bonchev–Trinajstić information content (AvgIpc) is 2.67. The summed E-state index contributed by atoms with van der Waals surface area (Å²) in [6.45, 7) is 3.95. The standard InChI is InChI=1S/C23H21Cl2N3O2/c1-14-6-7-21(15(2)10-14)28-22(29)12-17-11-16(8-9-26-17)27-23(30)13-18-19(24)4-3-5-20(18)25/h3-11H,12-13H2,1-2H3,(H,28,29)(H,26,27,30). The third-order valence-corrected chi connectivity index (χ3v) is 5.21.